The number of aromatic nitrogens is 2. The highest BCUT2D eigenvalue weighted by Gasteiger charge is 2.13. The van der Waals surface area contributed by atoms with Gasteiger partial charge in [-0.1, -0.05) is 22.0 Å². The molecule has 17 heavy (non-hydrogen) atoms. The van der Waals surface area contributed by atoms with Crippen molar-refractivity contribution < 1.29 is 4.39 Å². The van der Waals surface area contributed by atoms with Crippen molar-refractivity contribution in [1.82, 2.24) is 9.55 Å². The molecular weight excluding hydrogens is 285 g/mol. The minimum atomic E-state index is -0.344. The van der Waals surface area contributed by atoms with Crippen molar-refractivity contribution in [3.63, 3.8) is 0 Å². The molecule has 1 aromatic carbocycles. The summed E-state index contributed by atoms with van der Waals surface area (Å²) in [5.41, 5.74) is 6.75. The standard InChI is InChI=1S/C12H11BrFN3/c1-2-5-17-7-16-11(12(17)15)9-6-8(13)3-4-10(9)14/h2-4,6-7H,1,5,15H2. The van der Waals surface area contributed by atoms with Gasteiger partial charge >= 0.3 is 0 Å². The van der Waals surface area contributed by atoms with Crippen LogP contribution in [0, 0.1) is 5.82 Å². The molecule has 0 radical (unpaired) electrons. The number of imidazole rings is 1. The van der Waals surface area contributed by atoms with Crippen LogP contribution in [0.3, 0.4) is 0 Å². The largest absolute Gasteiger partial charge is 0.383 e. The van der Waals surface area contributed by atoms with Gasteiger partial charge in [0.15, 0.2) is 0 Å². The van der Waals surface area contributed by atoms with Crippen molar-refractivity contribution in [2.45, 2.75) is 6.54 Å². The Morgan fingerprint density at radius 3 is 3.00 bits per heavy atom. The fourth-order valence-electron chi connectivity index (χ4n) is 1.56. The van der Waals surface area contributed by atoms with Crippen molar-refractivity contribution in [2.24, 2.45) is 0 Å². The van der Waals surface area contributed by atoms with E-state index in [1.54, 1.807) is 29.1 Å². The van der Waals surface area contributed by atoms with Crippen molar-refractivity contribution in [2.75, 3.05) is 5.73 Å². The highest BCUT2D eigenvalue weighted by molar-refractivity contribution is 9.10. The first kappa shape index (κ1) is 11.9. The summed E-state index contributed by atoms with van der Waals surface area (Å²) in [5, 5.41) is 0. The van der Waals surface area contributed by atoms with Gasteiger partial charge in [0.05, 0.1) is 6.33 Å². The molecule has 0 atom stereocenters. The van der Waals surface area contributed by atoms with E-state index < -0.39 is 0 Å². The van der Waals surface area contributed by atoms with Gasteiger partial charge in [0.1, 0.15) is 17.3 Å². The highest BCUT2D eigenvalue weighted by atomic mass is 79.9. The zero-order valence-corrected chi connectivity index (χ0v) is 10.6. The van der Waals surface area contributed by atoms with Crippen LogP contribution >= 0.6 is 15.9 Å². The summed E-state index contributed by atoms with van der Waals surface area (Å²) in [7, 11) is 0. The van der Waals surface area contributed by atoms with Crippen LogP contribution in [-0.4, -0.2) is 9.55 Å². The first-order valence-corrected chi connectivity index (χ1v) is 5.79. The maximum absolute atomic E-state index is 13.7. The molecule has 0 unspecified atom stereocenters. The lowest BCUT2D eigenvalue weighted by atomic mass is 10.1. The highest BCUT2D eigenvalue weighted by Crippen LogP contribution is 2.29. The van der Waals surface area contributed by atoms with E-state index in [1.165, 1.54) is 6.07 Å². The van der Waals surface area contributed by atoms with Crippen LogP contribution in [0.4, 0.5) is 10.2 Å². The molecule has 2 N–H and O–H groups in total. The Bertz CT molecular complexity index is 563. The molecule has 5 heteroatoms. The topological polar surface area (TPSA) is 43.8 Å². The second-order valence-electron chi connectivity index (χ2n) is 3.54. The Hall–Kier alpha value is -1.62. The summed E-state index contributed by atoms with van der Waals surface area (Å²) < 4.78 is 16.2. The van der Waals surface area contributed by atoms with Crippen LogP contribution in [0.5, 0.6) is 0 Å². The smallest absolute Gasteiger partial charge is 0.132 e. The number of hydrogen-bond donors (Lipinski definition) is 1. The molecule has 3 nitrogen and oxygen atoms in total. The molecule has 0 aliphatic heterocycles. The van der Waals surface area contributed by atoms with Gasteiger partial charge in [-0.15, -0.1) is 6.58 Å². The zero-order chi connectivity index (χ0) is 12.4. The van der Waals surface area contributed by atoms with Crippen molar-refractivity contribution in [3.05, 3.63) is 47.5 Å². The molecule has 88 valence electrons. The Kier molecular flexibility index (Phi) is 3.28. The van der Waals surface area contributed by atoms with Crippen LogP contribution in [-0.2, 0) is 6.54 Å². The number of nitrogen functional groups attached to an aromatic ring is 1. The van der Waals surface area contributed by atoms with Gasteiger partial charge in [-0.2, -0.15) is 0 Å². The van der Waals surface area contributed by atoms with Crippen molar-refractivity contribution >= 4 is 21.7 Å². The van der Waals surface area contributed by atoms with Gasteiger partial charge in [0.25, 0.3) is 0 Å². The van der Waals surface area contributed by atoms with Crippen LogP contribution in [0.15, 0.2) is 41.7 Å². The molecule has 0 saturated carbocycles. The molecule has 0 aliphatic rings. The maximum atomic E-state index is 13.7. The van der Waals surface area contributed by atoms with E-state index in [0.29, 0.717) is 23.6 Å². The van der Waals surface area contributed by atoms with Crippen LogP contribution in [0.2, 0.25) is 0 Å². The lowest BCUT2D eigenvalue weighted by Crippen LogP contribution is -2.00. The van der Waals surface area contributed by atoms with Crippen molar-refractivity contribution in [3.8, 4) is 11.3 Å². The summed E-state index contributed by atoms with van der Waals surface area (Å²) in [5.74, 6) is 0.0886. The number of nitrogens with two attached hydrogens (primary N) is 1. The van der Waals surface area contributed by atoms with E-state index in [4.69, 9.17) is 5.73 Å². The normalized spacial score (nSPS) is 10.5. The Balaban J connectivity index is 2.53. The molecule has 1 aromatic heterocycles. The lowest BCUT2D eigenvalue weighted by molar-refractivity contribution is 0.630. The lowest BCUT2D eigenvalue weighted by Gasteiger charge is -2.04. The zero-order valence-electron chi connectivity index (χ0n) is 9.03. The Morgan fingerprint density at radius 1 is 1.53 bits per heavy atom. The van der Waals surface area contributed by atoms with Gasteiger partial charge in [-0.3, -0.25) is 0 Å². The first-order valence-electron chi connectivity index (χ1n) is 5.00. The number of rotatable bonds is 3. The van der Waals surface area contributed by atoms with Gasteiger partial charge in [0.2, 0.25) is 0 Å². The van der Waals surface area contributed by atoms with Crippen LogP contribution in [0.25, 0.3) is 11.3 Å². The quantitative estimate of drug-likeness (QED) is 0.884. The number of anilines is 1. The third kappa shape index (κ3) is 2.24. The fourth-order valence-corrected chi connectivity index (χ4v) is 1.92. The summed E-state index contributed by atoms with van der Waals surface area (Å²) in [6, 6.07) is 4.67. The Labute approximate surface area is 107 Å². The predicted molar refractivity (Wildman–Crippen MR) is 69.9 cm³/mol. The van der Waals surface area contributed by atoms with Crippen LogP contribution < -0.4 is 5.73 Å². The SMILES string of the molecule is C=CCn1cnc(-c2cc(Br)ccc2F)c1N. The van der Waals surface area contributed by atoms with E-state index in [0.717, 1.165) is 4.47 Å². The predicted octanol–water partition coefficient (Wildman–Crippen LogP) is 3.22. The number of allylic oxidation sites excluding steroid dienone is 1. The monoisotopic (exact) mass is 295 g/mol. The third-order valence-corrected chi connectivity index (χ3v) is 2.88. The van der Waals surface area contributed by atoms with E-state index in [2.05, 4.69) is 27.5 Å². The minimum absolute atomic E-state index is 0.344. The molecule has 2 aromatic rings. The Morgan fingerprint density at radius 2 is 2.29 bits per heavy atom. The third-order valence-electron chi connectivity index (χ3n) is 2.39. The minimum Gasteiger partial charge on any atom is -0.383 e. The molecule has 0 aliphatic carbocycles. The maximum Gasteiger partial charge on any atom is 0.132 e. The molecule has 0 amide bonds. The van der Waals surface area contributed by atoms with E-state index in [9.17, 15) is 4.39 Å². The second kappa shape index (κ2) is 4.71. The molecule has 0 spiro atoms. The van der Waals surface area contributed by atoms with E-state index >= 15 is 0 Å². The van der Waals surface area contributed by atoms with E-state index in [-0.39, 0.29) is 5.82 Å². The van der Waals surface area contributed by atoms with Gasteiger partial charge in [-0.25, -0.2) is 9.37 Å². The van der Waals surface area contributed by atoms with Crippen molar-refractivity contribution in [1.29, 1.82) is 0 Å². The molecule has 1 heterocycles. The molecular formula is C12H11BrFN3. The second-order valence-corrected chi connectivity index (χ2v) is 4.46. The van der Waals surface area contributed by atoms with E-state index in [1.807, 2.05) is 0 Å². The number of benzene rings is 1. The van der Waals surface area contributed by atoms with Gasteiger partial charge < -0.3 is 10.3 Å². The summed E-state index contributed by atoms with van der Waals surface area (Å²) in [6.45, 7) is 4.18. The molecule has 2 rings (SSSR count). The average molecular weight is 296 g/mol. The molecule has 0 saturated heterocycles. The van der Waals surface area contributed by atoms with Gasteiger partial charge in [-0.05, 0) is 18.2 Å². The summed E-state index contributed by atoms with van der Waals surface area (Å²) in [4.78, 5) is 4.14. The molecule has 0 fully saturated rings. The molecule has 0 bridgehead atoms. The number of nitrogens with zero attached hydrogens (tertiary/aromatic N) is 2. The average Bonchev–Trinajstić information content (AvgIpc) is 2.65. The van der Waals surface area contributed by atoms with Gasteiger partial charge in [0, 0.05) is 16.6 Å². The number of halogens is 2. The number of hydrogen-bond acceptors (Lipinski definition) is 2. The fraction of sp³-hybridized carbons (Fsp3) is 0.0833. The first-order chi connectivity index (χ1) is 8.13. The van der Waals surface area contributed by atoms with Crippen LogP contribution in [0.1, 0.15) is 0 Å². The summed E-state index contributed by atoms with van der Waals surface area (Å²) in [6.07, 6.45) is 3.28. The summed E-state index contributed by atoms with van der Waals surface area (Å²) >= 11 is 3.30.